The molecule has 0 fully saturated rings. The van der Waals surface area contributed by atoms with Gasteiger partial charge in [0.25, 0.3) is 0 Å². The molecule has 0 aliphatic rings. The Morgan fingerprint density at radius 2 is 1.09 bits per heavy atom. The second kappa shape index (κ2) is 11.9. The van der Waals surface area contributed by atoms with E-state index in [0.717, 1.165) is 28.1 Å². The number of nitrogens with zero attached hydrogens (tertiary/aromatic N) is 1. The van der Waals surface area contributed by atoms with Crippen LogP contribution in [0.25, 0.3) is 71.9 Å². The minimum atomic E-state index is 0.750. The van der Waals surface area contributed by atoms with E-state index in [0.29, 0.717) is 0 Å². The van der Waals surface area contributed by atoms with Crippen LogP contribution in [0, 0.1) is 0 Å². The van der Waals surface area contributed by atoms with E-state index in [1.54, 1.807) is 0 Å². The van der Waals surface area contributed by atoms with Crippen LogP contribution in [0.1, 0.15) is 12.5 Å². The molecule has 1 heterocycles. The average Bonchev–Trinajstić information content (AvgIpc) is 3.10. The Morgan fingerprint density at radius 1 is 0.523 bits per heavy atom. The van der Waals surface area contributed by atoms with Crippen molar-refractivity contribution in [3.8, 4) is 44.6 Å². The van der Waals surface area contributed by atoms with E-state index in [-0.39, 0.29) is 0 Å². The van der Waals surface area contributed by atoms with Crippen molar-refractivity contribution < 1.29 is 0 Å². The molecule has 0 aliphatic carbocycles. The van der Waals surface area contributed by atoms with Crippen molar-refractivity contribution in [1.82, 2.24) is 4.98 Å². The third-order valence-corrected chi connectivity index (χ3v) is 8.24. The molecule has 2 N–H and O–H groups in total. The first kappa shape index (κ1) is 27.1. The van der Waals surface area contributed by atoms with Gasteiger partial charge in [0.2, 0.25) is 0 Å². The van der Waals surface area contributed by atoms with Crippen LogP contribution in [-0.2, 0) is 0 Å². The van der Waals surface area contributed by atoms with Gasteiger partial charge in [0.15, 0.2) is 0 Å². The van der Waals surface area contributed by atoms with E-state index in [1.807, 2.05) is 43.5 Å². The lowest BCUT2D eigenvalue weighted by atomic mass is 9.84. The molecule has 7 aromatic rings. The standard InChI is InChI=1S/C42H32N2/c1-2-3-15-39(43)30-17-21-33(22-18-30)42-36-14-8-7-13-35(36)41(32-23-19-31(20-24-32)40-16-9-10-27-44-40)37-26-25-34(28-38(37)42)29-11-5-4-6-12-29/h2-28H,43H2,1H3/b3-2-,39-15-. The highest BCUT2D eigenvalue weighted by Gasteiger charge is 2.18. The zero-order chi connectivity index (χ0) is 29.9. The molecular weight excluding hydrogens is 532 g/mol. The fraction of sp³-hybridized carbons (Fsp3) is 0.0238. The van der Waals surface area contributed by atoms with Crippen molar-refractivity contribution in [2.45, 2.75) is 6.92 Å². The molecule has 0 unspecified atom stereocenters. The Morgan fingerprint density at radius 3 is 1.75 bits per heavy atom. The summed E-state index contributed by atoms with van der Waals surface area (Å²) in [5, 5.41) is 4.89. The molecule has 210 valence electrons. The smallest absolute Gasteiger partial charge is 0.0701 e. The second-order valence-corrected chi connectivity index (χ2v) is 10.9. The largest absolute Gasteiger partial charge is 0.398 e. The minimum Gasteiger partial charge on any atom is -0.398 e. The highest BCUT2D eigenvalue weighted by Crippen LogP contribution is 2.45. The molecule has 2 nitrogen and oxygen atoms in total. The van der Waals surface area contributed by atoms with E-state index >= 15 is 0 Å². The SMILES string of the molecule is C/C=C\C=C(/N)c1ccc(-c2c3ccccc3c(-c3ccc(-c4ccccn4)cc3)c3ccc(-c4ccccc4)cc23)cc1. The Labute approximate surface area is 258 Å². The highest BCUT2D eigenvalue weighted by molar-refractivity contribution is 6.22. The van der Waals surface area contributed by atoms with Gasteiger partial charge in [-0.1, -0.05) is 133 Å². The Balaban J connectivity index is 1.48. The first-order valence-electron chi connectivity index (χ1n) is 15.0. The highest BCUT2D eigenvalue weighted by atomic mass is 14.7. The summed E-state index contributed by atoms with van der Waals surface area (Å²) in [6.07, 6.45) is 7.74. The fourth-order valence-corrected chi connectivity index (χ4v) is 6.08. The van der Waals surface area contributed by atoms with Gasteiger partial charge in [-0.2, -0.15) is 0 Å². The Hall–Kier alpha value is -5.73. The molecule has 1 aromatic heterocycles. The third kappa shape index (κ3) is 5.08. The van der Waals surface area contributed by atoms with E-state index < -0.39 is 0 Å². The third-order valence-electron chi connectivity index (χ3n) is 8.24. The van der Waals surface area contributed by atoms with Crippen LogP contribution in [0.3, 0.4) is 0 Å². The number of aromatic nitrogens is 1. The van der Waals surface area contributed by atoms with Gasteiger partial charge in [0, 0.05) is 17.5 Å². The summed E-state index contributed by atoms with van der Waals surface area (Å²) in [4.78, 5) is 4.55. The molecule has 0 saturated heterocycles. The second-order valence-electron chi connectivity index (χ2n) is 10.9. The summed E-state index contributed by atoms with van der Waals surface area (Å²) >= 11 is 0. The molecule has 0 aliphatic heterocycles. The number of allylic oxidation sites excluding steroid dienone is 3. The Bertz CT molecular complexity index is 2140. The quantitative estimate of drug-likeness (QED) is 0.161. The maximum Gasteiger partial charge on any atom is 0.0701 e. The maximum absolute atomic E-state index is 6.37. The summed E-state index contributed by atoms with van der Waals surface area (Å²) in [6.45, 7) is 1.99. The zero-order valence-corrected chi connectivity index (χ0v) is 24.6. The topological polar surface area (TPSA) is 38.9 Å². The molecule has 6 aromatic carbocycles. The fourth-order valence-electron chi connectivity index (χ4n) is 6.08. The van der Waals surface area contributed by atoms with Gasteiger partial charge in [0.05, 0.1) is 5.69 Å². The van der Waals surface area contributed by atoms with Crippen molar-refractivity contribution in [1.29, 1.82) is 0 Å². The molecule has 0 radical (unpaired) electrons. The van der Waals surface area contributed by atoms with Gasteiger partial charge in [-0.05, 0) is 91.7 Å². The van der Waals surface area contributed by atoms with Crippen molar-refractivity contribution in [2.24, 2.45) is 5.73 Å². The van der Waals surface area contributed by atoms with E-state index in [2.05, 4.69) is 132 Å². The number of benzene rings is 6. The molecule has 2 heteroatoms. The number of pyridine rings is 1. The van der Waals surface area contributed by atoms with Gasteiger partial charge >= 0.3 is 0 Å². The molecule has 0 amide bonds. The van der Waals surface area contributed by atoms with E-state index in [4.69, 9.17) is 5.73 Å². The zero-order valence-electron chi connectivity index (χ0n) is 24.6. The number of hydrogen-bond donors (Lipinski definition) is 1. The van der Waals surface area contributed by atoms with Crippen LogP contribution < -0.4 is 5.73 Å². The summed E-state index contributed by atoms with van der Waals surface area (Å²) in [5.74, 6) is 0. The molecule has 0 bridgehead atoms. The first-order chi connectivity index (χ1) is 21.7. The minimum absolute atomic E-state index is 0.750. The number of hydrogen-bond acceptors (Lipinski definition) is 2. The molecule has 0 saturated carbocycles. The van der Waals surface area contributed by atoms with Gasteiger partial charge in [-0.25, -0.2) is 0 Å². The summed E-state index contributed by atoms with van der Waals surface area (Å²) in [6, 6.07) is 49.7. The van der Waals surface area contributed by atoms with Crippen LogP contribution >= 0.6 is 0 Å². The van der Waals surface area contributed by atoms with Crippen molar-refractivity contribution in [3.63, 3.8) is 0 Å². The van der Waals surface area contributed by atoms with Crippen molar-refractivity contribution in [2.75, 3.05) is 0 Å². The lowest BCUT2D eigenvalue weighted by molar-refractivity contribution is 1.33. The van der Waals surface area contributed by atoms with Crippen molar-refractivity contribution in [3.05, 3.63) is 170 Å². The van der Waals surface area contributed by atoms with Crippen LogP contribution in [0.2, 0.25) is 0 Å². The molecule has 0 spiro atoms. The van der Waals surface area contributed by atoms with Gasteiger partial charge in [-0.3, -0.25) is 4.98 Å². The number of nitrogens with two attached hydrogens (primary N) is 1. The summed E-state index contributed by atoms with van der Waals surface area (Å²) in [5.41, 5.74) is 17.4. The van der Waals surface area contributed by atoms with Crippen molar-refractivity contribution >= 4 is 27.2 Å². The molecular formula is C42H32N2. The summed E-state index contributed by atoms with van der Waals surface area (Å²) in [7, 11) is 0. The van der Waals surface area contributed by atoms with Gasteiger partial charge in [-0.15, -0.1) is 0 Å². The Kier molecular flexibility index (Phi) is 7.32. The number of fused-ring (bicyclic) bond motifs is 2. The van der Waals surface area contributed by atoms with Crippen LogP contribution in [0.5, 0.6) is 0 Å². The van der Waals surface area contributed by atoms with E-state index in [9.17, 15) is 0 Å². The molecule has 7 rings (SSSR count). The van der Waals surface area contributed by atoms with Gasteiger partial charge < -0.3 is 5.73 Å². The lowest BCUT2D eigenvalue weighted by Gasteiger charge is -2.19. The predicted octanol–water partition coefficient (Wildman–Crippen LogP) is 10.9. The molecule has 44 heavy (non-hydrogen) atoms. The lowest BCUT2D eigenvalue weighted by Crippen LogP contribution is -1.96. The van der Waals surface area contributed by atoms with Gasteiger partial charge in [0.1, 0.15) is 0 Å². The average molecular weight is 565 g/mol. The predicted molar refractivity (Wildman–Crippen MR) is 188 cm³/mol. The van der Waals surface area contributed by atoms with Crippen LogP contribution in [0.4, 0.5) is 0 Å². The van der Waals surface area contributed by atoms with Crippen LogP contribution in [-0.4, -0.2) is 4.98 Å². The maximum atomic E-state index is 6.37. The van der Waals surface area contributed by atoms with E-state index in [1.165, 1.54) is 49.4 Å². The summed E-state index contributed by atoms with van der Waals surface area (Å²) < 4.78 is 0. The monoisotopic (exact) mass is 564 g/mol. The first-order valence-corrected chi connectivity index (χ1v) is 15.0. The number of rotatable bonds is 6. The normalized spacial score (nSPS) is 11.9. The molecule has 0 atom stereocenters. The van der Waals surface area contributed by atoms with Crippen LogP contribution in [0.15, 0.2) is 164 Å².